The lowest BCUT2D eigenvalue weighted by molar-refractivity contribution is 0.0771. The van der Waals surface area contributed by atoms with Gasteiger partial charge in [-0.05, 0) is 31.2 Å². The molecule has 3 aromatic rings. The van der Waals surface area contributed by atoms with Crippen LogP contribution in [-0.4, -0.2) is 42.0 Å². The third-order valence-electron chi connectivity index (χ3n) is 3.95. The van der Waals surface area contributed by atoms with Crippen molar-refractivity contribution in [2.45, 2.75) is 6.42 Å². The van der Waals surface area contributed by atoms with Gasteiger partial charge in [0.2, 0.25) is 0 Å². The Kier molecular flexibility index (Phi) is 7.67. The van der Waals surface area contributed by atoms with Crippen LogP contribution in [0.4, 0.5) is 10.8 Å². The highest BCUT2D eigenvalue weighted by atomic mass is 35.5. The number of hydrogen-bond acceptors (Lipinski definition) is 6. The molecule has 9 heteroatoms. The van der Waals surface area contributed by atoms with Crippen molar-refractivity contribution < 1.29 is 4.79 Å². The second-order valence-electron chi connectivity index (χ2n) is 5.69. The summed E-state index contributed by atoms with van der Waals surface area (Å²) >= 11 is 3.07. The van der Waals surface area contributed by atoms with E-state index in [-0.39, 0.29) is 30.7 Å². The summed E-state index contributed by atoms with van der Waals surface area (Å²) in [6.45, 7) is 3.46. The quantitative estimate of drug-likeness (QED) is 0.646. The molecule has 1 aliphatic heterocycles. The summed E-state index contributed by atoms with van der Waals surface area (Å²) in [5.41, 5.74) is 1.02. The van der Waals surface area contributed by atoms with Crippen molar-refractivity contribution in [3.8, 4) is 0 Å². The zero-order chi connectivity index (χ0) is 16.4. The number of thiazole rings is 1. The summed E-state index contributed by atoms with van der Waals surface area (Å²) in [5, 5.41) is 7.50. The second-order valence-corrected chi connectivity index (χ2v) is 7.75. The van der Waals surface area contributed by atoms with E-state index in [4.69, 9.17) is 0 Å². The predicted molar refractivity (Wildman–Crippen MR) is 115 cm³/mol. The number of aromatic nitrogens is 1. The van der Waals surface area contributed by atoms with Crippen LogP contribution in [0.3, 0.4) is 0 Å². The van der Waals surface area contributed by atoms with E-state index in [9.17, 15) is 4.79 Å². The molecule has 0 radical (unpaired) electrons. The van der Waals surface area contributed by atoms with Gasteiger partial charge < -0.3 is 15.5 Å². The molecule has 1 saturated heterocycles. The summed E-state index contributed by atoms with van der Waals surface area (Å²) in [5.74, 6) is 0.131. The molecule has 1 aromatic carbocycles. The van der Waals surface area contributed by atoms with Gasteiger partial charge in [-0.25, -0.2) is 4.98 Å². The first-order valence-electron chi connectivity index (χ1n) is 8.02. The van der Waals surface area contributed by atoms with Gasteiger partial charge in [-0.3, -0.25) is 4.79 Å². The van der Waals surface area contributed by atoms with E-state index in [0.717, 1.165) is 57.8 Å². The zero-order valence-electron chi connectivity index (χ0n) is 13.9. The fourth-order valence-electron chi connectivity index (χ4n) is 2.74. The Hall–Kier alpha value is -1.38. The number of para-hydroxylation sites is 1. The minimum atomic E-state index is 0. The molecule has 1 amide bonds. The van der Waals surface area contributed by atoms with E-state index in [1.54, 1.807) is 11.3 Å². The predicted octanol–water partition coefficient (Wildman–Crippen LogP) is 4.38. The van der Waals surface area contributed by atoms with Gasteiger partial charge in [0, 0.05) is 25.3 Å². The number of rotatable bonds is 3. The Morgan fingerprint density at radius 3 is 2.69 bits per heavy atom. The summed E-state index contributed by atoms with van der Waals surface area (Å²) in [4.78, 5) is 20.9. The third-order valence-corrected chi connectivity index (χ3v) is 6.02. The van der Waals surface area contributed by atoms with Gasteiger partial charge in [0.25, 0.3) is 5.91 Å². The summed E-state index contributed by atoms with van der Waals surface area (Å²) < 4.78 is 1.06. The van der Waals surface area contributed by atoms with Crippen molar-refractivity contribution in [1.82, 2.24) is 15.2 Å². The van der Waals surface area contributed by atoms with E-state index in [2.05, 4.69) is 15.6 Å². The average molecular weight is 431 g/mol. The molecule has 2 aromatic heterocycles. The van der Waals surface area contributed by atoms with Crippen LogP contribution in [0.1, 0.15) is 16.1 Å². The van der Waals surface area contributed by atoms with Crippen molar-refractivity contribution in [2.75, 3.05) is 31.5 Å². The maximum atomic E-state index is 12.7. The topological polar surface area (TPSA) is 57.3 Å². The molecule has 0 atom stereocenters. The summed E-state index contributed by atoms with van der Waals surface area (Å²) in [6, 6.07) is 12.0. The number of hydrogen-bond donors (Lipinski definition) is 2. The molecule has 0 saturated carbocycles. The van der Waals surface area contributed by atoms with Crippen molar-refractivity contribution in [3.05, 3.63) is 41.3 Å². The third kappa shape index (κ3) is 4.66. The van der Waals surface area contributed by atoms with Gasteiger partial charge >= 0.3 is 0 Å². The number of thiophene rings is 1. The number of carbonyl (C=O) groups is 1. The Morgan fingerprint density at radius 1 is 1.12 bits per heavy atom. The van der Waals surface area contributed by atoms with Crippen molar-refractivity contribution in [1.29, 1.82) is 0 Å². The van der Waals surface area contributed by atoms with Gasteiger partial charge in [0.05, 0.1) is 9.58 Å². The summed E-state index contributed by atoms with van der Waals surface area (Å²) in [6.07, 6.45) is 1.01. The van der Waals surface area contributed by atoms with Gasteiger partial charge in [0.15, 0.2) is 5.13 Å². The number of halogens is 2. The van der Waals surface area contributed by atoms with Gasteiger partial charge in [-0.2, -0.15) is 0 Å². The van der Waals surface area contributed by atoms with Crippen LogP contribution >= 0.6 is 47.5 Å². The van der Waals surface area contributed by atoms with E-state index in [1.165, 1.54) is 11.3 Å². The minimum absolute atomic E-state index is 0. The number of carbonyl (C=O) groups excluding carboxylic acids is 1. The molecule has 3 heterocycles. The first kappa shape index (κ1) is 20.9. The Labute approximate surface area is 172 Å². The Bertz CT molecular complexity index is 813. The molecule has 0 aliphatic carbocycles. The average Bonchev–Trinajstić information content (AvgIpc) is 3.02. The van der Waals surface area contributed by atoms with Crippen LogP contribution < -0.4 is 10.6 Å². The first-order valence-corrected chi connectivity index (χ1v) is 9.65. The molecule has 0 bridgehead atoms. The molecule has 1 aliphatic rings. The van der Waals surface area contributed by atoms with E-state index in [0.29, 0.717) is 0 Å². The zero-order valence-corrected chi connectivity index (χ0v) is 17.2. The fraction of sp³-hybridized carbons (Fsp3) is 0.294. The van der Waals surface area contributed by atoms with Gasteiger partial charge in [-0.15, -0.1) is 36.2 Å². The van der Waals surface area contributed by atoms with Crippen LogP contribution in [0.2, 0.25) is 0 Å². The molecule has 4 rings (SSSR count). The lowest BCUT2D eigenvalue weighted by Gasteiger charge is -2.18. The lowest BCUT2D eigenvalue weighted by atomic mass is 10.3. The molecule has 0 spiro atoms. The van der Waals surface area contributed by atoms with Crippen LogP contribution in [0.5, 0.6) is 0 Å². The first-order chi connectivity index (χ1) is 11.8. The van der Waals surface area contributed by atoms with Gasteiger partial charge in [0.1, 0.15) is 4.83 Å². The maximum absolute atomic E-state index is 12.7. The maximum Gasteiger partial charge on any atom is 0.264 e. The van der Waals surface area contributed by atoms with E-state index in [1.807, 2.05) is 41.3 Å². The SMILES string of the molecule is Cl.Cl.O=C(c1cc2sc(Nc3ccccc3)nc2s1)N1CCCNCC1. The number of benzene rings is 1. The van der Waals surface area contributed by atoms with Gasteiger partial charge in [-0.1, -0.05) is 29.5 Å². The van der Waals surface area contributed by atoms with Crippen LogP contribution in [-0.2, 0) is 0 Å². The van der Waals surface area contributed by atoms with Crippen molar-refractivity contribution in [2.24, 2.45) is 0 Å². The molecule has 1 fully saturated rings. The van der Waals surface area contributed by atoms with Crippen molar-refractivity contribution in [3.63, 3.8) is 0 Å². The van der Waals surface area contributed by atoms with Crippen molar-refractivity contribution >= 4 is 73.7 Å². The summed E-state index contributed by atoms with van der Waals surface area (Å²) in [7, 11) is 0. The number of nitrogens with zero attached hydrogens (tertiary/aromatic N) is 2. The molecular weight excluding hydrogens is 411 g/mol. The molecule has 140 valence electrons. The van der Waals surface area contributed by atoms with Crippen LogP contribution in [0.15, 0.2) is 36.4 Å². The fourth-order valence-corrected chi connectivity index (χ4v) is 4.85. The lowest BCUT2D eigenvalue weighted by Crippen LogP contribution is -2.33. The molecule has 5 nitrogen and oxygen atoms in total. The molecule has 2 N–H and O–H groups in total. The largest absolute Gasteiger partial charge is 0.337 e. The molecule has 26 heavy (non-hydrogen) atoms. The Balaban J connectivity index is 0.00000121. The molecule has 0 unspecified atom stereocenters. The molecular formula is C17H20Cl2N4OS2. The van der Waals surface area contributed by atoms with Crippen LogP contribution in [0.25, 0.3) is 9.53 Å². The van der Waals surface area contributed by atoms with Crippen LogP contribution in [0, 0.1) is 0 Å². The van der Waals surface area contributed by atoms with E-state index < -0.39 is 0 Å². The number of amides is 1. The number of nitrogens with one attached hydrogen (secondary N) is 2. The Morgan fingerprint density at radius 2 is 1.92 bits per heavy atom. The standard InChI is InChI=1S/C17H18N4OS2.2ClH/c22-16(21-9-4-7-18-8-10-21)14-11-13-15(23-14)20-17(24-13)19-12-5-2-1-3-6-12;;/h1-3,5-6,11,18H,4,7-10H2,(H,19,20);2*1H. The highest BCUT2D eigenvalue weighted by Crippen LogP contribution is 2.34. The highest BCUT2D eigenvalue weighted by Gasteiger charge is 2.20. The monoisotopic (exact) mass is 430 g/mol. The smallest absolute Gasteiger partial charge is 0.264 e. The highest BCUT2D eigenvalue weighted by molar-refractivity contribution is 7.29. The number of anilines is 2. The minimum Gasteiger partial charge on any atom is -0.337 e. The van der Waals surface area contributed by atoms with E-state index >= 15 is 0 Å². The number of fused-ring (bicyclic) bond motifs is 1. The normalized spacial score (nSPS) is 14.2. The second kappa shape index (κ2) is 9.53.